The van der Waals surface area contributed by atoms with E-state index in [-0.39, 0.29) is 23.6 Å². The molecule has 0 N–H and O–H groups in total. The lowest BCUT2D eigenvalue weighted by Gasteiger charge is -2.37. The largest absolute Gasteiger partial charge is 0.423 e. The van der Waals surface area contributed by atoms with Gasteiger partial charge in [0, 0.05) is 37.1 Å². The highest BCUT2D eigenvalue weighted by Gasteiger charge is 2.44. The Morgan fingerprint density at radius 1 is 1.19 bits per heavy atom. The molecule has 4 heterocycles. The van der Waals surface area contributed by atoms with E-state index in [1.807, 2.05) is 0 Å². The lowest BCUT2D eigenvalue weighted by Crippen LogP contribution is -2.49. The fourth-order valence-corrected chi connectivity index (χ4v) is 4.10. The Morgan fingerprint density at radius 3 is 2.77 bits per heavy atom. The van der Waals surface area contributed by atoms with E-state index in [0.717, 1.165) is 11.8 Å². The minimum Gasteiger partial charge on any atom is -0.423 e. The summed E-state index contributed by atoms with van der Waals surface area (Å²) in [4.78, 5) is 22.4. The third kappa shape index (κ3) is 3.53. The topological polar surface area (TPSA) is 81.9 Å². The van der Waals surface area contributed by atoms with Gasteiger partial charge in [-0.2, -0.15) is 14.5 Å². The van der Waals surface area contributed by atoms with Crippen LogP contribution in [-0.4, -0.2) is 55.4 Å². The van der Waals surface area contributed by atoms with E-state index in [4.69, 9.17) is 9.47 Å². The van der Waals surface area contributed by atoms with Crippen LogP contribution in [0.2, 0.25) is 0 Å². The summed E-state index contributed by atoms with van der Waals surface area (Å²) >= 11 is 0. The second-order valence-corrected chi connectivity index (χ2v) is 7.94. The number of carbonyl (C=O) groups excluding carboxylic acids is 1. The Bertz CT molecular complexity index is 1200. The van der Waals surface area contributed by atoms with Gasteiger partial charge in [0.1, 0.15) is 6.33 Å². The molecule has 1 amide bonds. The van der Waals surface area contributed by atoms with Crippen molar-refractivity contribution in [1.29, 1.82) is 0 Å². The Balaban J connectivity index is 1.46. The fourth-order valence-electron chi connectivity index (χ4n) is 4.10. The van der Waals surface area contributed by atoms with E-state index >= 15 is 0 Å². The number of carbonyl (C=O) groups is 1. The van der Waals surface area contributed by atoms with Crippen LogP contribution >= 0.6 is 0 Å². The number of fused-ring (bicyclic) bond motifs is 2. The molecule has 162 valence electrons. The third-order valence-electron chi connectivity index (χ3n) is 5.30. The van der Waals surface area contributed by atoms with Crippen LogP contribution in [0.1, 0.15) is 41.0 Å². The quantitative estimate of drug-likeness (QED) is 0.618. The predicted molar refractivity (Wildman–Crippen MR) is 101 cm³/mol. The van der Waals surface area contributed by atoms with Gasteiger partial charge in [-0.15, -0.1) is 0 Å². The highest BCUT2D eigenvalue weighted by molar-refractivity contribution is 5.95. The van der Waals surface area contributed by atoms with Gasteiger partial charge in [0.05, 0.1) is 12.2 Å². The van der Waals surface area contributed by atoms with Gasteiger partial charge in [0.2, 0.25) is 0 Å². The zero-order chi connectivity index (χ0) is 22.0. The van der Waals surface area contributed by atoms with Crippen molar-refractivity contribution in [2.75, 3.05) is 13.1 Å². The molecule has 2 unspecified atom stereocenters. The maximum atomic E-state index is 14.7. The van der Waals surface area contributed by atoms with Gasteiger partial charge in [-0.1, -0.05) is 0 Å². The van der Waals surface area contributed by atoms with Crippen molar-refractivity contribution in [2.24, 2.45) is 0 Å². The normalized spacial score (nSPS) is 24.5. The van der Waals surface area contributed by atoms with Crippen LogP contribution in [-0.2, 0) is 0 Å². The number of aryl methyl sites for hydroxylation is 1. The van der Waals surface area contributed by atoms with E-state index in [0.29, 0.717) is 17.2 Å². The molecule has 2 aliphatic heterocycles. The molecule has 2 aliphatic rings. The van der Waals surface area contributed by atoms with Crippen molar-refractivity contribution in [3.05, 3.63) is 47.5 Å². The number of piperidine rings is 1. The van der Waals surface area contributed by atoms with Crippen LogP contribution in [0.3, 0.4) is 0 Å². The van der Waals surface area contributed by atoms with Crippen LogP contribution in [0.25, 0.3) is 5.78 Å². The Morgan fingerprint density at radius 2 is 1.97 bits per heavy atom. The zero-order valence-electron chi connectivity index (χ0n) is 16.7. The SMILES string of the molecule is Cc1cc(C2CN(C(=O)c3ccc4c(c3)OC(C)(F)O4)CC(F)(F)C2)n2ncnc2n1. The third-order valence-corrected chi connectivity index (χ3v) is 5.30. The fraction of sp³-hybridized carbons (Fsp3) is 0.400. The van der Waals surface area contributed by atoms with Gasteiger partial charge in [-0.25, -0.2) is 18.3 Å². The molecular weight excluding hydrogens is 415 g/mol. The van der Waals surface area contributed by atoms with Crippen LogP contribution in [0.4, 0.5) is 13.2 Å². The van der Waals surface area contributed by atoms with Gasteiger partial charge in [0.25, 0.3) is 17.6 Å². The van der Waals surface area contributed by atoms with Gasteiger partial charge >= 0.3 is 6.04 Å². The Labute approximate surface area is 174 Å². The average molecular weight is 433 g/mol. The molecule has 0 radical (unpaired) electrons. The number of rotatable bonds is 2. The van der Waals surface area contributed by atoms with E-state index < -0.39 is 36.8 Å². The van der Waals surface area contributed by atoms with Crippen molar-refractivity contribution in [3.8, 4) is 11.5 Å². The standard InChI is InChI=1S/C20H18F3N5O3/c1-11-5-14(28-18(26-11)24-10-25-28)13-7-20(22,23)9-27(8-13)17(29)12-3-4-15-16(6-12)31-19(2,21)30-15/h3-6,10,13H,7-9H2,1-2H3. The molecule has 1 aromatic carbocycles. The molecule has 1 fully saturated rings. The first-order valence-electron chi connectivity index (χ1n) is 9.66. The summed E-state index contributed by atoms with van der Waals surface area (Å²) in [6, 6.07) is 3.43. The number of benzene rings is 1. The van der Waals surface area contributed by atoms with Crippen molar-refractivity contribution in [2.45, 2.75) is 38.1 Å². The van der Waals surface area contributed by atoms with Crippen molar-refractivity contribution in [3.63, 3.8) is 0 Å². The first-order chi connectivity index (χ1) is 14.6. The molecule has 2 atom stereocenters. The summed E-state index contributed by atoms with van der Waals surface area (Å²) < 4.78 is 54.7. The van der Waals surface area contributed by atoms with E-state index in [1.165, 1.54) is 29.0 Å². The van der Waals surface area contributed by atoms with Gasteiger partial charge < -0.3 is 14.4 Å². The van der Waals surface area contributed by atoms with Crippen molar-refractivity contribution in [1.82, 2.24) is 24.5 Å². The summed E-state index contributed by atoms with van der Waals surface area (Å²) in [5.41, 5.74) is 1.23. The molecule has 8 nitrogen and oxygen atoms in total. The lowest BCUT2D eigenvalue weighted by molar-refractivity contribution is -0.173. The van der Waals surface area contributed by atoms with E-state index in [1.54, 1.807) is 13.0 Å². The number of halogens is 3. The molecule has 11 heteroatoms. The highest BCUT2D eigenvalue weighted by atomic mass is 19.3. The molecule has 2 aromatic heterocycles. The smallest absolute Gasteiger partial charge is 0.404 e. The van der Waals surface area contributed by atoms with E-state index in [9.17, 15) is 18.0 Å². The molecule has 31 heavy (non-hydrogen) atoms. The number of likely N-dealkylation sites (tertiary alicyclic amines) is 1. The maximum Gasteiger partial charge on any atom is 0.404 e. The Hall–Kier alpha value is -3.37. The van der Waals surface area contributed by atoms with Crippen LogP contribution in [0.15, 0.2) is 30.6 Å². The average Bonchev–Trinajstić information content (AvgIpc) is 3.26. The second-order valence-electron chi connectivity index (χ2n) is 7.94. The number of ether oxygens (including phenoxy) is 2. The summed E-state index contributed by atoms with van der Waals surface area (Å²) in [6.45, 7) is 2.17. The first-order valence-corrected chi connectivity index (χ1v) is 9.66. The van der Waals surface area contributed by atoms with Crippen molar-refractivity contribution < 1.29 is 27.4 Å². The lowest BCUT2D eigenvalue weighted by atomic mass is 9.91. The molecule has 5 rings (SSSR count). The number of aromatic nitrogens is 4. The van der Waals surface area contributed by atoms with Crippen LogP contribution < -0.4 is 9.47 Å². The molecule has 0 bridgehead atoms. The van der Waals surface area contributed by atoms with Gasteiger partial charge in [-0.3, -0.25) is 4.79 Å². The van der Waals surface area contributed by atoms with Gasteiger partial charge in [-0.05, 0) is 31.2 Å². The highest BCUT2D eigenvalue weighted by Crippen LogP contribution is 2.41. The number of hydrogen-bond donors (Lipinski definition) is 0. The van der Waals surface area contributed by atoms with Crippen molar-refractivity contribution >= 4 is 11.7 Å². The summed E-state index contributed by atoms with van der Waals surface area (Å²) in [5, 5.41) is 4.09. The molecule has 3 aromatic rings. The number of amides is 1. The molecule has 0 aliphatic carbocycles. The number of alkyl halides is 3. The zero-order valence-corrected chi connectivity index (χ0v) is 16.7. The molecule has 0 saturated carbocycles. The molecular formula is C20H18F3N5O3. The predicted octanol–water partition coefficient (Wildman–Crippen LogP) is 3.11. The number of hydrogen-bond acceptors (Lipinski definition) is 6. The summed E-state index contributed by atoms with van der Waals surface area (Å²) in [7, 11) is 0. The summed E-state index contributed by atoms with van der Waals surface area (Å²) in [5.74, 6) is -3.89. The number of nitrogens with zero attached hydrogens (tertiary/aromatic N) is 5. The summed E-state index contributed by atoms with van der Waals surface area (Å²) in [6.07, 6.45) is 0.872. The second kappa shape index (κ2) is 6.56. The monoisotopic (exact) mass is 433 g/mol. The van der Waals surface area contributed by atoms with Crippen LogP contribution in [0, 0.1) is 6.92 Å². The maximum absolute atomic E-state index is 14.7. The Kier molecular flexibility index (Phi) is 4.15. The minimum absolute atomic E-state index is 0.0465. The van der Waals surface area contributed by atoms with E-state index in [2.05, 4.69) is 15.1 Å². The van der Waals surface area contributed by atoms with Crippen LogP contribution in [0.5, 0.6) is 11.5 Å². The minimum atomic E-state index is -3.10. The molecule has 1 saturated heterocycles. The van der Waals surface area contributed by atoms with Gasteiger partial charge in [0.15, 0.2) is 11.5 Å². The molecule has 0 spiro atoms. The first kappa shape index (κ1) is 19.6.